The van der Waals surface area contributed by atoms with Crippen LogP contribution in [0.5, 0.6) is 0 Å². The van der Waals surface area contributed by atoms with Crippen molar-refractivity contribution in [1.29, 1.82) is 0 Å². The first-order valence-electron chi connectivity index (χ1n) is 8.35. The lowest BCUT2D eigenvalue weighted by Gasteiger charge is -2.28. The molecular weight excluding hydrogens is 282 g/mol. The highest BCUT2D eigenvalue weighted by molar-refractivity contribution is 5.82. The Kier molecular flexibility index (Phi) is 6.43. The van der Waals surface area contributed by atoms with E-state index in [-0.39, 0.29) is 24.3 Å². The summed E-state index contributed by atoms with van der Waals surface area (Å²) >= 11 is 0. The van der Waals surface area contributed by atoms with E-state index in [9.17, 15) is 14.7 Å². The van der Waals surface area contributed by atoms with E-state index in [0.29, 0.717) is 19.7 Å². The van der Waals surface area contributed by atoms with Gasteiger partial charge in [0.2, 0.25) is 5.91 Å². The molecule has 1 aliphatic heterocycles. The Morgan fingerprint density at radius 2 is 2.00 bits per heavy atom. The number of carboxylic acids is 1. The van der Waals surface area contributed by atoms with E-state index in [0.717, 1.165) is 32.1 Å². The quantitative estimate of drug-likeness (QED) is 0.734. The second-order valence-corrected chi connectivity index (χ2v) is 6.42. The van der Waals surface area contributed by atoms with Crippen LogP contribution in [0.4, 0.5) is 0 Å². The Morgan fingerprint density at radius 1 is 1.27 bits per heavy atom. The molecule has 0 spiro atoms. The number of aliphatic carboxylic acids is 1. The van der Waals surface area contributed by atoms with Gasteiger partial charge < -0.3 is 14.7 Å². The van der Waals surface area contributed by atoms with E-state index in [2.05, 4.69) is 6.58 Å². The van der Waals surface area contributed by atoms with Crippen molar-refractivity contribution in [2.24, 2.45) is 11.8 Å². The molecule has 0 bridgehead atoms. The monoisotopic (exact) mass is 309 g/mol. The van der Waals surface area contributed by atoms with Crippen LogP contribution in [0.2, 0.25) is 0 Å². The van der Waals surface area contributed by atoms with Crippen LogP contribution in [0, 0.1) is 11.8 Å². The number of likely N-dealkylation sites (tertiary alicyclic amines) is 1. The fourth-order valence-corrected chi connectivity index (χ4v) is 3.60. The molecule has 1 aliphatic carbocycles. The largest absolute Gasteiger partial charge is 0.481 e. The molecule has 2 fully saturated rings. The molecular formula is C17H27NO4. The second kappa shape index (κ2) is 8.32. The normalized spacial score (nSPS) is 24.2. The number of rotatable bonds is 7. The minimum absolute atomic E-state index is 0.0392. The van der Waals surface area contributed by atoms with Gasteiger partial charge in [0, 0.05) is 19.5 Å². The molecule has 2 rings (SSSR count). The summed E-state index contributed by atoms with van der Waals surface area (Å²) in [7, 11) is 0. The van der Waals surface area contributed by atoms with E-state index in [1.165, 1.54) is 6.42 Å². The number of ether oxygens (including phenoxy) is 1. The van der Waals surface area contributed by atoms with Gasteiger partial charge >= 0.3 is 5.97 Å². The Balaban J connectivity index is 1.86. The zero-order valence-electron chi connectivity index (χ0n) is 13.2. The van der Waals surface area contributed by atoms with Crippen molar-refractivity contribution in [3.63, 3.8) is 0 Å². The molecule has 5 heteroatoms. The lowest BCUT2D eigenvalue weighted by atomic mass is 9.78. The predicted molar refractivity (Wildman–Crippen MR) is 83.5 cm³/mol. The summed E-state index contributed by atoms with van der Waals surface area (Å²) in [5.74, 6) is -1.23. The Hall–Kier alpha value is -1.36. The van der Waals surface area contributed by atoms with Crippen molar-refractivity contribution in [3.05, 3.63) is 12.7 Å². The van der Waals surface area contributed by atoms with Gasteiger partial charge in [-0.15, -0.1) is 6.58 Å². The molecule has 22 heavy (non-hydrogen) atoms. The minimum Gasteiger partial charge on any atom is -0.481 e. The average molecular weight is 309 g/mol. The summed E-state index contributed by atoms with van der Waals surface area (Å²) in [5, 5.41) is 9.48. The number of hydrogen-bond donors (Lipinski definition) is 1. The first-order valence-corrected chi connectivity index (χ1v) is 8.35. The smallest absolute Gasteiger partial charge is 0.307 e. The van der Waals surface area contributed by atoms with Gasteiger partial charge in [0.1, 0.15) is 0 Å². The van der Waals surface area contributed by atoms with E-state index >= 15 is 0 Å². The van der Waals surface area contributed by atoms with Gasteiger partial charge in [-0.05, 0) is 25.2 Å². The van der Waals surface area contributed by atoms with Crippen LogP contribution in [0.25, 0.3) is 0 Å². The van der Waals surface area contributed by atoms with Gasteiger partial charge in [0.05, 0.1) is 18.6 Å². The number of carboxylic acid groups (broad SMARTS) is 1. The molecule has 0 aromatic heterocycles. The van der Waals surface area contributed by atoms with Crippen LogP contribution in [-0.4, -0.2) is 47.7 Å². The molecule has 1 N–H and O–H groups in total. The summed E-state index contributed by atoms with van der Waals surface area (Å²) < 4.78 is 5.57. The van der Waals surface area contributed by atoms with Crippen LogP contribution in [0.3, 0.4) is 0 Å². The van der Waals surface area contributed by atoms with E-state index < -0.39 is 11.9 Å². The van der Waals surface area contributed by atoms with Crippen molar-refractivity contribution in [2.45, 2.75) is 51.0 Å². The first kappa shape index (κ1) is 17.0. The van der Waals surface area contributed by atoms with Gasteiger partial charge in [-0.3, -0.25) is 9.59 Å². The van der Waals surface area contributed by atoms with Gasteiger partial charge in [-0.2, -0.15) is 0 Å². The van der Waals surface area contributed by atoms with Gasteiger partial charge in [0.25, 0.3) is 0 Å². The van der Waals surface area contributed by atoms with Crippen molar-refractivity contribution < 1.29 is 19.4 Å². The van der Waals surface area contributed by atoms with Crippen molar-refractivity contribution in [1.82, 2.24) is 4.90 Å². The summed E-state index contributed by atoms with van der Waals surface area (Å²) in [4.78, 5) is 25.7. The lowest BCUT2D eigenvalue weighted by Crippen LogP contribution is -2.35. The van der Waals surface area contributed by atoms with Crippen molar-refractivity contribution in [3.8, 4) is 0 Å². The third kappa shape index (κ3) is 4.57. The average Bonchev–Trinajstić information content (AvgIpc) is 3.00. The van der Waals surface area contributed by atoms with Gasteiger partial charge in [-0.25, -0.2) is 0 Å². The molecule has 1 amide bonds. The second-order valence-electron chi connectivity index (χ2n) is 6.42. The third-order valence-electron chi connectivity index (χ3n) is 4.88. The number of amides is 1. The number of carbonyl (C=O) groups excluding carboxylic acids is 1. The summed E-state index contributed by atoms with van der Waals surface area (Å²) in [6.07, 6.45) is 7.95. The summed E-state index contributed by atoms with van der Waals surface area (Å²) in [6, 6.07) is 0. The minimum atomic E-state index is -0.820. The molecule has 0 unspecified atom stereocenters. The molecule has 2 aliphatic rings. The third-order valence-corrected chi connectivity index (χ3v) is 4.88. The number of nitrogens with zero attached hydrogens (tertiary/aromatic N) is 1. The first-order chi connectivity index (χ1) is 10.6. The van der Waals surface area contributed by atoms with Crippen molar-refractivity contribution in [2.75, 3.05) is 19.7 Å². The van der Waals surface area contributed by atoms with Crippen LogP contribution in [-0.2, 0) is 14.3 Å². The predicted octanol–water partition coefficient (Wildman–Crippen LogP) is 2.46. The zero-order valence-corrected chi connectivity index (χ0v) is 13.2. The topological polar surface area (TPSA) is 66.8 Å². The Labute approximate surface area is 132 Å². The summed E-state index contributed by atoms with van der Waals surface area (Å²) in [5.41, 5.74) is 0. The standard InChI is InChI=1S/C17H27NO4/c1-2-10-22-14-8-9-18(12-14)16(19)11-15(17(20)21)13-6-4-3-5-7-13/h2,13-15H,1,3-12H2,(H,20,21)/t14-,15-/m0/s1. The van der Waals surface area contributed by atoms with Crippen LogP contribution in [0.15, 0.2) is 12.7 Å². The molecule has 5 nitrogen and oxygen atoms in total. The fourth-order valence-electron chi connectivity index (χ4n) is 3.60. The maximum Gasteiger partial charge on any atom is 0.307 e. The summed E-state index contributed by atoms with van der Waals surface area (Å²) in [6.45, 7) is 5.35. The molecule has 1 heterocycles. The highest BCUT2D eigenvalue weighted by atomic mass is 16.5. The number of carbonyl (C=O) groups is 2. The SMILES string of the molecule is C=CCO[C@H]1CCN(C(=O)C[C@H](C(=O)O)C2CCCCC2)C1. The Morgan fingerprint density at radius 3 is 2.64 bits per heavy atom. The van der Waals surface area contributed by atoms with Crippen LogP contribution >= 0.6 is 0 Å². The van der Waals surface area contributed by atoms with Gasteiger partial charge in [0.15, 0.2) is 0 Å². The zero-order chi connectivity index (χ0) is 15.9. The highest BCUT2D eigenvalue weighted by Crippen LogP contribution is 2.32. The molecule has 2 atom stereocenters. The maximum absolute atomic E-state index is 12.4. The molecule has 0 aromatic carbocycles. The highest BCUT2D eigenvalue weighted by Gasteiger charge is 2.34. The van der Waals surface area contributed by atoms with Crippen molar-refractivity contribution >= 4 is 11.9 Å². The van der Waals surface area contributed by atoms with Crippen LogP contribution in [0.1, 0.15) is 44.9 Å². The molecule has 124 valence electrons. The van der Waals surface area contributed by atoms with Crippen LogP contribution < -0.4 is 0 Å². The fraction of sp³-hybridized carbons (Fsp3) is 0.765. The molecule has 1 saturated heterocycles. The maximum atomic E-state index is 12.4. The molecule has 0 aromatic rings. The Bertz CT molecular complexity index is 403. The lowest BCUT2D eigenvalue weighted by molar-refractivity contribution is -0.148. The van der Waals surface area contributed by atoms with Gasteiger partial charge in [-0.1, -0.05) is 25.3 Å². The van der Waals surface area contributed by atoms with E-state index in [1.807, 2.05) is 0 Å². The molecule has 1 saturated carbocycles. The van der Waals surface area contributed by atoms with E-state index in [1.54, 1.807) is 11.0 Å². The van der Waals surface area contributed by atoms with E-state index in [4.69, 9.17) is 4.74 Å². The number of hydrogen-bond acceptors (Lipinski definition) is 3. The molecule has 0 radical (unpaired) electrons.